The van der Waals surface area contributed by atoms with Crippen LogP contribution in [0.15, 0.2) is 42.2 Å². The van der Waals surface area contributed by atoms with E-state index in [2.05, 4.69) is 62.2 Å². The Balaban J connectivity index is 1.62. The van der Waals surface area contributed by atoms with Gasteiger partial charge in [0.25, 0.3) is 0 Å². The molecule has 1 unspecified atom stereocenters. The number of hydrogen-bond acceptors (Lipinski definition) is 2. The molecule has 0 amide bonds. The Labute approximate surface area is 141 Å². The summed E-state index contributed by atoms with van der Waals surface area (Å²) in [5, 5.41) is 7.25. The third-order valence-corrected chi connectivity index (χ3v) is 5.61. The Morgan fingerprint density at radius 1 is 1.17 bits per heavy atom. The quantitative estimate of drug-likeness (QED) is 0.818. The lowest BCUT2D eigenvalue weighted by atomic mass is 9.83. The standard InChI is InChI=1S/C21H30N2/c1-15-19-11-7-6-10-18(19)14-20(15)16(2)22-17(3)23-21(4)12-8-5-9-13-21/h6-7,10-11,16,22-23H,3,5,8-9,12-14H2,1-2,4H3. The number of nitrogens with one attached hydrogen (secondary N) is 2. The van der Waals surface area contributed by atoms with Crippen molar-refractivity contribution in [2.24, 2.45) is 0 Å². The normalized spacial score (nSPS) is 20.8. The topological polar surface area (TPSA) is 24.1 Å². The molecule has 2 nitrogen and oxygen atoms in total. The van der Waals surface area contributed by atoms with E-state index in [1.807, 2.05) is 0 Å². The van der Waals surface area contributed by atoms with Crippen molar-refractivity contribution in [1.29, 1.82) is 0 Å². The van der Waals surface area contributed by atoms with Gasteiger partial charge in [-0.05, 0) is 62.3 Å². The van der Waals surface area contributed by atoms with Gasteiger partial charge in [-0.1, -0.05) is 50.1 Å². The zero-order valence-electron chi connectivity index (χ0n) is 14.8. The fraction of sp³-hybridized carbons (Fsp3) is 0.524. The van der Waals surface area contributed by atoms with E-state index in [1.54, 1.807) is 0 Å². The molecule has 2 N–H and O–H groups in total. The van der Waals surface area contributed by atoms with E-state index in [-0.39, 0.29) is 5.54 Å². The lowest BCUT2D eigenvalue weighted by Gasteiger charge is -2.37. The maximum absolute atomic E-state index is 4.23. The van der Waals surface area contributed by atoms with Crippen LogP contribution >= 0.6 is 0 Å². The molecule has 3 rings (SSSR count). The number of hydrogen-bond donors (Lipinski definition) is 2. The lowest BCUT2D eigenvalue weighted by Crippen LogP contribution is -2.47. The van der Waals surface area contributed by atoms with Crippen molar-refractivity contribution < 1.29 is 0 Å². The van der Waals surface area contributed by atoms with Crippen LogP contribution in [0.5, 0.6) is 0 Å². The Hall–Kier alpha value is -1.70. The largest absolute Gasteiger partial charge is 0.367 e. The lowest BCUT2D eigenvalue weighted by molar-refractivity contribution is 0.268. The first kappa shape index (κ1) is 16.2. The van der Waals surface area contributed by atoms with Crippen molar-refractivity contribution in [1.82, 2.24) is 10.6 Å². The second-order valence-corrected chi connectivity index (χ2v) is 7.58. The molecule has 23 heavy (non-hydrogen) atoms. The Morgan fingerprint density at radius 2 is 1.87 bits per heavy atom. The van der Waals surface area contributed by atoms with E-state index in [0.29, 0.717) is 6.04 Å². The minimum atomic E-state index is 0.212. The third kappa shape index (κ3) is 3.46. The van der Waals surface area contributed by atoms with Gasteiger partial charge in [0.2, 0.25) is 0 Å². The van der Waals surface area contributed by atoms with E-state index < -0.39 is 0 Å². The summed E-state index contributed by atoms with van der Waals surface area (Å²) in [7, 11) is 0. The summed E-state index contributed by atoms with van der Waals surface area (Å²) in [6, 6.07) is 9.06. The highest BCUT2D eigenvalue weighted by atomic mass is 15.1. The molecule has 0 radical (unpaired) electrons. The molecule has 2 aliphatic carbocycles. The number of rotatable bonds is 5. The molecule has 0 heterocycles. The number of benzene rings is 1. The molecule has 2 heteroatoms. The molecule has 1 aromatic rings. The SMILES string of the molecule is C=C(NC(C)C1=C(C)c2ccccc2C1)NC1(C)CCCCC1. The number of fused-ring (bicyclic) bond motifs is 1. The highest BCUT2D eigenvalue weighted by Crippen LogP contribution is 2.34. The van der Waals surface area contributed by atoms with Gasteiger partial charge < -0.3 is 10.6 Å². The van der Waals surface area contributed by atoms with Crippen LogP contribution in [0, 0.1) is 0 Å². The molecule has 1 saturated carbocycles. The second kappa shape index (κ2) is 6.43. The molecule has 1 atom stereocenters. The average molecular weight is 310 g/mol. The summed E-state index contributed by atoms with van der Waals surface area (Å²) in [6.45, 7) is 11.1. The third-order valence-electron chi connectivity index (χ3n) is 5.61. The fourth-order valence-corrected chi connectivity index (χ4v) is 4.23. The van der Waals surface area contributed by atoms with Gasteiger partial charge in [-0.3, -0.25) is 0 Å². The molecule has 0 aliphatic heterocycles. The van der Waals surface area contributed by atoms with Crippen molar-refractivity contribution in [2.45, 2.75) is 70.9 Å². The predicted molar refractivity (Wildman–Crippen MR) is 99.1 cm³/mol. The molecular weight excluding hydrogens is 280 g/mol. The van der Waals surface area contributed by atoms with Crippen LogP contribution < -0.4 is 10.6 Å². The highest BCUT2D eigenvalue weighted by molar-refractivity contribution is 5.75. The first-order chi connectivity index (χ1) is 11.0. The summed E-state index contributed by atoms with van der Waals surface area (Å²) in [5.74, 6) is 0.971. The summed E-state index contributed by atoms with van der Waals surface area (Å²) >= 11 is 0. The van der Waals surface area contributed by atoms with Crippen LogP contribution in [-0.4, -0.2) is 11.6 Å². The summed E-state index contributed by atoms with van der Waals surface area (Å²) in [6.07, 6.45) is 7.57. The molecule has 0 saturated heterocycles. The van der Waals surface area contributed by atoms with E-state index in [0.717, 1.165) is 12.2 Å². The zero-order chi connectivity index (χ0) is 16.4. The molecule has 0 bridgehead atoms. The van der Waals surface area contributed by atoms with E-state index in [1.165, 1.54) is 54.4 Å². The Kier molecular flexibility index (Phi) is 4.52. The van der Waals surface area contributed by atoms with Crippen molar-refractivity contribution in [2.75, 3.05) is 0 Å². The fourth-order valence-electron chi connectivity index (χ4n) is 4.23. The molecule has 2 aliphatic rings. The van der Waals surface area contributed by atoms with Crippen LogP contribution in [0.1, 0.15) is 64.0 Å². The molecule has 0 spiro atoms. The van der Waals surface area contributed by atoms with E-state index >= 15 is 0 Å². The molecule has 1 fully saturated rings. The van der Waals surface area contributed by atoms with Gasteiger partial charge in [-0.2, -0.15) is 0 Å². The van der Waals surface area contributed by atoms with Gasteiger partial charge in [0.1, 0.15) is 0 Å². The minimum Gasteiger partial charge on any atom is -0.367 e. The summed E-state index contributed by atoms with van der Waals surface area (Å²) in [5.41, 5.74) is 5.99. The maximum atomic E-state index is 4.23. The summed E-state index contributed by atoms with van der Waals surface area (Å²) < 4.78 is 0. The Bertz CT molecular complexity index is 620. The Morgan fingerprint density at radius 3 is 2.57 bits per heavy atom. The van der Waals surface area contributed by atoms with E-state index in [9.17, 15) is 0 Å². The van der Waals surface area contributed by atoms with Gasteiger partial charge in [0.05, 0.1) is 5.82 Å². The van der Waals surface area contributed by atoms with Crippen LogP contribution in [-0.2, 0) is 6.42 Å². The van der Waals surface area contributed by atoms with Crippen molar-refractivity contribution in [3.8, 4) is 0 Å². The van der Waals surface area contributed by atoms with Gasteiger partial charge >= 0.3 is 0 Å². The zero-order valence-corrected chi connectivity index (χ0v) is 14.8. The first-order valence-corrected chi connectivity index (χ1v) is 9.00. The second-order valence-electron chi connectivity index (χ2n) is 7.58. The predicted octanol–water partition coefficient (Wildman–Crippen LogP) is 4.78. The van der Waals surface area contributed by atoms with Crippen molar-refractivity contribution in [3.05, 3.63) is 53.4 Å². The van der Waals surface area contributed by atoms with Crippen molar-refractivity contribution in [3.63, 3.8) is 0 Å². The molecule has 124 valence electrons. The van der Waals surface area contributed by atoms with Gasteiger partial charge in [-0.15, -0.1) is 0 Å². The monoisotopic (exact) mass is 310 g/mol. The highest BCUT2D eigenvalue weighted by Gasteiger charge is 2.28. The van der Waals surface area contributed by atoms with E-state index in [4.69, 9.17) is 0 Å². The van der Waals surface area contributed by atoms with Crippen LogP contribution in [0.3, 0.4) is 0 Å². The average Bonchev–Trinajstić information content (AvgIpc) is 2.85. The smallest absolute Gasteiger partial charge is 0.0921 e. The van der Waals surface area contributed by atoms with Gasteiger partial charge in [0.15, 0.2) is 0 Å². The number of allylic oxidation sites excluding steroid dienone is 1. The molecular formula is C21H30N2. The van der Waals surface area contributed by atoms with Gasteiger partial charge in [0, 0.05) is 11.6 Å². The maximum Gasteiger partial charge on any atom is 0.0921 e. The molecule has 0 aromatic heterocycles. The summed E-state index contributed by atoms with van der Waals surface area (Å²) in [4.78, 5) is 0. The van der Waals surface area contributed by atoms with Gasteiger partial charge in [-0.25, -0.2) is 0 Å². The van der Waals surface area contributed by atoms with Crippen LogP contribution in [0.4, 0.5) is 0 Å². The van der Waals surface area contributed by atoms with Crippen LogP contribution in [0.25, 0.3) is 5.57 Å². The van der Waals surface area contributed by atoms with Crippen LogP contribution in [0.2, 0.25) is 0 Å². The first-order valence-electron chi connectivity index (χ1n) is 9.00. The van der Waals surface area contributed by atoms with Crippen molar-refractivity contribution >= 4 is 5.57 Å². The minimum absolute atomic E-state index is 0.212. The molecule has 1 aromatic carbocycles.